The Morgan fingerprint density at radius 3 is 1.97 bits per heavy atom. The van der Waals surface area contributed by atoms with Gasteiger partial charge in [-0.3, -0.25) is 9.59 Å². The van der Waals surface area contributed by atoms with E-state index in [0.717, 1.165) is 32.9 Å². The molecule has 0 aliphatic rings. The Kier molecular flexibility index (Phi) is 7.41. The molecule has 0 aliphatic carbocycles. The Morgan fingerprint density at radius 2 is 1.38 bits per heavy atom. The molecule has 8 N–H and O–H groups in total. The molecule has 0 aliphatic heterocycles. The second kappa shape index (κ2) is 11.2. The SMILES string of the molecule is N[C@@H](Cc1c[nH]c2ccccc12)C(=O)N[C@@H](Cc1c[nH]c2ccccc12)C(=O)N[C@@H](Cc1cnc[nH]1)C(=O)O. The average Bonchev–Trinajstić information content (AvgIpc) is 3.69. The molecule has 5 aromatic rings. The van der Waals surface area contributed by atoms with Gasteiger partial charge in [0.25, 0.3) is 0 Å². The number of nitrogens with one attached hydrogen (secondary N) is 5. The third-order valence-corrected chi connectivity index (χ3v) is 6.78. The van der Waals surface area contributed by atoms with Gasteiger partial charge < -0.3 is 36.4 Å². The van der Waals surface area contributed by atoms with Gasteiger partial charge in [0.05, 0.1) is 12.4 Å². The number of nitrogens with two attached hydrogens (primary N) is 1. The summed E-state index contributed by atoms with van der Waals surface area (Å²) < 4.78 is 0. The van der Waals surface area contributed by atoms with Crippen LogP contribution in [0.4, 0.5) is 0 Å². The van der Waals surface area contributed by atoms with E-state index in [9.17, 15) is 19.5 Å². The number of carbonyl (C=O) groups is 3. The molecule has 0 bridgehead atoms. The summed E-state index contributed by atoms with van der Waals surface area (Å²) in [6.45, 7) is 0. The number of rotatable bonds is 11. The molecule has 2 aromatic carbocycles. The first-order valence-corrected chi connectivity index (χ1v) is 12.6. The molecular formula is C28H29N7O4. The van der Waals surface area contributed by atoms with Crippen molar-refractivity contribution in [1.82, 2.24) is 30.6 Å². The number of imidazole rings is 1. The zero-order valence-electron chi connectivity index (χ0n) is 21.0. The predicted molar refractivity (Wildman–Crippen MR) is 146 cm³/mol. The van der Waals surface area contributed by atoms with E-state index < -0.39 is 35.9 Å². The van der Waals surface area contributed by atoms with Crippen LogP contribution < -0.4 is 16.4 Å². The van der Waals surface area contributed by atoms with Gasteiger partial charge in [-0.1, -0.05) is 36.4 Å². The van der Waals surface area contributed by atoms with Crippen molar-refractivity contribution in [1.29, 1.82) is 0 Å². The Balaban J connectivity index is 1.35. The van der Waals surface area contributed by atoms with Gasteiger partial charge in [0, 0.05) is 58.9 Å². The number of H-pyrrole nitrogens is 3. The van der Waals surface area contributed by atoms with E-state index in [2.05, 4.69) is 30.6 Å². The summed E-state index contributed by atoms with van der Waals surface area (Å²) in [5.41, 5.74) is 10.4. The summed E-state index contributed by atoms with van der Waals surface area (Å²) >= 11 is 0. The maximum atomic E-state index is 13.4. The number of para-hydroxylation sites is 2. The Bertz CT molecular complexity index is 1600. The number of amides is 2. The maximum Gasteiger partial charge on any atom is 0.326 e. The largest absolute Gasteiger partial charge is 0.480 e. The lowest BCUT2D eigenvalue weighted by Gasteiger charge is -2.23. The fraction of sp³-hybridized carbons (Fsp3) is 0.214. The van der Waals surface area contributed by atoms with E-state index in [1.165, 1.54) is 12.5 Å². The van der Waals surface area contributed by atoms with Crippen LogP contribution in [0.3, 0.4) is 0 Å². The van der Waals surface area contributed by atoms with Gasteiger partial charge in [-0.15, -0.1) is 0 Å². The molecule has 3 heterocycles. The highest BCUT2D eigenvalue weighted by Crippen LogP contribution is 2.21. The van der Waals surface area contributed by atoms with E-state index in [0.29, 0.717) is 5.69 Å². The topological polar surface area (TPSA) is 182 Å². The Labute approximate surface area is 223 Å². The normalized spacial score (nSPS) is 13.7. The van der Waals surface area contributed by atoms with Gasteiger partial charge in [0.15, 0.2) is 0 Å². The number of nitrogens with zero attached hydrogens (tertiary/aromatic N) is 1. The number of carboxylic acids is 1. The number of aromatic nitrogens is 4. The van der Waals surface area contributed by atoms with Crippen LogP contribution in [0, 0.1) is 0 Å². The highest BCUT2D eigenvalue weighted by atomic mass is 16.4. The molecule has 0 fully saturated rings. The van der Waals surface area contributed by atoms with E-state index in [-0.39, 0.29) is 19.3 Å². The molecular weight excluding hydrogens is 498 g/mol. The van der Waals surface area contributed by atoms with Crippen molar-refractivity contribution in [3.63, 3.8) is 0 Å². The Hall–Kier alpha value is -4.90. The first-order chi connectivity index (χ1) is 18.9. The van der Waals surface area contributed by atoms with Crippen molar-refractivity contribution in [2.24, 2.45) is 5.73 Å². The molecule has 2 amide bonds. The van der Waals surface area contributed by atoms with Crippen LogP contribution in [0.1, 0.15) is 16.8 Å². The average molecular weight is 528 g/mol. The number of aromatic amines is 3. The number of benzene rings is 2. The van der Waals surface area contributed by atoms with Crippen molar-refractivity contribution >= 4 is 39.6 Å². The van der Waals surface area contributed by atoms with Crippen LogP contribution in [0.15, 0.2) is 73.4 Å². The molecule has 0 spiro atoms. The Morgan fingerprint density at radius 1 is 0.795 bits per heavy atom. The molecule has 39 heavy (non-hydrogen) atoms. The second-order valence-electron chi connectivity index (χ2n) is 9.48. The molecule has 5 rings (SSSR count). The van der Waals surface area contributed by atoms with Crippen LogP contribution >= 0.6 is 0 Å². The lowest BCUT2D eigenvalue weighted by Crippen LogP contribution is -2.55. The van der Waals surface area contributed by atoms with Crippen LogP contribution in [0.2, 0.25) is 0 Å². The van der Waals surface area contributed by atoms with Gasteiger partial charge in [-0.25, -0.2) is 9.78 Å². The highest BCUT2D eigenvalue weighted by Gasteiger charge is 2.29. The fourth-order valence-corrected chi connectivity index (χ4v) is 4.73. The first-order valence-electron chi connectivity index (χ1n) is 12.6. The lowest BCUT2D eigenvalue weighted by molar-refractivity contribution is -0.142. The van der Waals surface area contributed by atoms with Crippen molar-refractivity contribution in [3.8, 4) is 0 Å². The van der Waals surface area contributed by atoms with Crippen LogP contribution in [-0.4, -0.2) is 61.0 Å². The molecule has 11 heteroatoms. The summed E-state index contributed by atoms with van der Waals surface area (Å²) in [5.74, 6) is -2.34. The number of carbonyl (C=O) groups excluding carboxylic acids is 2. The van der Waals surface area contributed by atoms with Gasteiger partial charge in [0.2, 0.25) is 11.8 Å². The molecule has 0 radical (unpaired) electrons. The monoisotopic (exact) mass is 527 g/mol. The number of fused-ring (bicyclic) bond motifs is 2. The van der Waals surface area contributed by atoms with Crippen molar-refractivity contribution in [3.05, 3.63) is 90.3 Å². The van der Waals surface area contributed by atoms with Gasteiger partial charge in [-0.05, 0) is 29.7 Å². The van der Waals surface area contributed by atoms with E-state index in [1.54, 1.807) is 6.20 Å². The minimum atomic E-state index is -1.22. The van der Waals surface area contributed by atoms with Crippen LogP contribution in [-0.2, 0) is 33.6 Å². The third kappa shape index (κ3) is 5.83. The van der Waals surface area contributed by atoms with Crippen molar-refractivity contribution in [2.75, 3.05) is 0 Å². The summed E-state index contributed by atoms with van der Waals surface area (Å²) in [7, 11) is 0. The number of carboxylic acid groups (broad SMARTS) is 1. The minimum absolute atomic E-state index is 0.00883. The van der Waals surface area contributed by atoms with E-state index in [1.807, 2.05) is 54.7 Å². The van der Waals surface area contributed by atoms with Gasteiger partial charge in [0.1, 0.15) is 12.1 Å². The highest BCUT2D eigenvalue weighted by molar-refractivity contribution is 5.93. The van der Waals surface area contributed by atoms with Gasteiger partial charge >= 0.3 is 5.97 Å². The molecule has 3 aromatic heterocycles. The first kappa shape index (κ1) is 25.7. The smallest absolute Gasteiger partial charge is 0.326 e. The molecule has 3 atom stereocenters. The molecule has 11 nitrogen and oxygen atoms in total. The standard InChI is InChI=1S/C28H29N7O4/c29-21(9-16-12-31-22-7-3-1-5-19(16)22)26(36)34-24(10-17-13-32-23-8-4-2-6-20(17)23)27(37)35-25(28(38)39)11-18-14-30-15-33-18/h1-8,12-15,21,24-25,31-32H,9-11,29H2,(H,30,33)(H,34,36)(H,35,37)(H,38,39)/t21-,24-,25-/m0/s1. The summed E-state index contributed by atoms with van der Waals surface area (Å²) in [4.78, 5) is 51.7. The lowest BCUT2D eigenvalue weighted by atomic mass is 10.0. The van der Waals surface area contributed by atoms with Crippen LogP contribution in [0.25, 0.3) is 21.8 Å². The quantitative estimate of drug-likeness (QED) is 0.137. The van der Waals surface area contributed by atoms with Gasteiger partial charge in [-0.2, -0.15) is 0 Å². The van der Waals surface area contributed by atoms with Crippen molar-refractivity contribution in [2.45, 2.75) is 37.4 Å². The summed E-state index contributed by atoms with van der Waals surface area (Å²) in [6.07, 6.45) is 6.94. The second-order valence-corrected chi connectivity index (χ2v) is 9.48. The minimum Gasteiger partial charge on any atom is -0.480 e. The molecule has 0 saturated heterocycles. The zero-order valence-corrected chi connectivity index (χ0v) is 21.0. The molecule has 0 unspecified atom stereocenters. The molecule has 0 saturated carbocycles. The zero-order chi connectivity index (χ0) is 27.4. The maximum absolute atomic E-state index is 13.4. The number of hydrogen-bond acceptors (Lipinski definition) is 5. The van der Waals surface area contributed by atoms with E-state index >= 15 is 0 Å². The summed E-state index contributed by atoms with van der Waals surface area (Å²) in [6, 6.07) is 12.1. The third-order valence-electron chi connectivity index (χ3n) is 6.78. The van der Waals surface area contributed by atoms with Crippen LogP contribution in [0.5, 0.6) is 0 Å². The fourth-order valence-electron chi connectivity index (χ4n) is 4.73. The molecule has 200 valence electrons. The predicted octanol–water partition coefficient (Wildman–Crippen LogP) is 1.78. The van der Waals surface area contributed by atoms with E-state index in [4.69, 9.17) is 5.73 Å². The number of aliphatic carboxylic acids is 1. The number of hydrogen-bond donors (Lipinski definition) is 7. The van der Waals surface area contributed by atoms with Crippen molar-refractivity contribution < 1.29 is 19.5 Å². The summed E-state index contributed by atoms with van der Waals surface area (Å²) in [5, 5.41) is 17.0.